The van der Waals surface area contributed by atoms with Gasteiger partial charge >= 0.3 is 0 Å². The van der Waals surface area contributed by atoms with Gasteiger partial charge in [-0.2, -0.15) is 0 Å². The fourth-order valence-electron chi connectivity index (χ4n) is 1.84. The van der Waals surface area contributed by atoms with Crippen molar-refractivity contribution < 1.29 is 14.3 Å². The molecule has 1 amide bonds. The van der Waals surface area contributed by atoms with Crippen molar-refractivity contribution in [2.24, 2.45) is 11.7 Å². The number of nitrogens with two attached hydrogens (primary N) is 1. The number of primary amides is 1. The van der Waals surface area contributed by atoms with Gasteiger partial charge in [0.2, 0.25) is 5.91 Å². The maximum atomic E-state index is 11.1. The second kappa shape index (κ2) is 7.75. The first kappa shape index (κ1) is 16.3. The van der Waals surface area contributed by atoms with E-state index in [1.807, 2.05) is 18.2 Å². The molecule has 0 aromatic heterocycles. The molecule has 112 valence electrons. The Kier molecular flexibility index (Phi) is 6.31. The molecule has 0 fully saturated rings. The highest BCUT2D eigenvalue weighted by Gasteiger charge is 2.15. The van der Waals surface area contributed by atoms with E-state index in [4.69, 9.17) is 15.2 Å². The van der Waals surface area contributed by atoms with Crippen molar-refractivity contribution in [1.29, 1.82) is 0 Å². The molecule has 0 bridgehead atoms. The number of methoxy groups -OCH3 is 1. The van der Waals surface area contributed by atoms with E-state index >= 15 is 0 Å². The summed E-state index contributed by atoms with van der Waals surface area (Å²) < 4.78 is 11.0. The van der Waals surface area contributed by atoms with Crippen molar-refractivity contribution in [2.75, 3.05) is 20.3 Å². The molecule has 1 aromatic rings. The molecule has 1 rings (SSSR count). The Morgan fingerprint density at radius 1 is 1.40 bits per heavy atom. The van der Waals surface area contributed by atoms with Crippen LogP contribution in [0.4, 0.5) is 0 Å². The second-order valence-electron chi connectivity index (χ2n) is 4.80. The van der Waals surface area contributed by atoms with Gasteiger partial charge in [-0.1, -0.05) is 19.9 Å². The Hall–Kier alpha value is -1.75. The average molecular weight is 280 g/mol. The number of carbonyl (C=O) groups excluding carboxylic acids is 1. The topological polar surface area (TPSA) is 73.6 Å². The summed E-state index contributed by atoms with van der Waals surface area (Å²) in [6, 6.07) is 5.85. The maximum absolute atomic E-state index is 11.1. The van der Waals surface area contributed by atoms with Crippen molar-refractivity contribution in [3.8, 4) is 11.5 Å². The van der Waals surface area contributed by atoms with Crippen LogP contribution in [0, 0.1) is 5.92 Å². The first-order valence-corrected chi connectivity index (χ1v) is 6.83. The monoisotopic (exact) mass is 280 g/mol. The molecule has 2 atom stereocenters. The summed E-state index contributed by atoms with van der Waals surface area (Å²) in [5.41, 5.74) is 6.28. The number of amides is 1. The third kappa shape index (κ3) is 4.42. The number of ether oxygens (including phenoxy) is 2. The van der Waals surface area contributed by atoms with Gasteiger partial charge in [0.25, 0.3) is 0 Å². The minimum atomic E-state index is -0.367. The lowest BCUT2D eigenvalue weighted by Crippen LogP contribution is -2.26. The van der Waals surface area contributed by atoms with E-state index in [0.717, 1.165) is 17.9 Å². The van der Waals surface area contributed by atoms with Crippen LogP contribution in [-0.4, -0.2) is 26.2 Å². The number of rotatable bonds is 8. The summed E-state index contributed by atoms with van der Waals surface area (Å²) in [6.07, 6.45) is 0. The molecule has 5 heteroatoms. The zero-order chi connectivity index (χ0) is 15.1. The van der Waals surface area contributed by atoms with E-state index < -0.39 is 0 Å². The summed E-state index contributed by atoms with van der Waals surface area (Å²) in [5.74, 6) is 0.739. The number of hydrogen-bond donors (Lipinski definition) is 2. The van der Waals surface area contributed by atoms with Crippen LogP contribution in [0.2, 0.25) is 0 Å². The molecule has 0 aliphatic carbocycles. The molecule has 0 saturated heterocycles. The third-order valence-corrected chi connectivity index (χ3v) is 3.17. The summed E-state index contributed by atoms with van der Waals surface area (Å²) in [6.45, 7) is 6.99. The molecule has 3 N–H and O–H groups in total. The van der Waals surface area contributed by atoms with Gasteiger partial charge in [-0.25, -0.2) is 0 Å². The highest BCUT2D eigenvalue weighted by Crippen LogP contribution is 2.29. The molecule has 0 aliphatic heterocycles. The van der Waals surface area contributed by atoms with Crippen LogP contribution in [0.25, 0.3) is 0 Å². The third-order valence-electron chi connectivity index (χ3n) is 3.17. The predicted molar refractivity (Wildman–Crippen MR) is 78.9 cm³/mol. The first-order chi connectivity index (χ1) is 9.49. The molecule has 1 aromatic carbocycles. The zero-order valence-electron chi connectivity index (χ0n) is 12.6. The van der Waals surface area contributed by atoms with Crippen LogP contribution >= 0.6 is 0 Å². The minimum absolute atomic E-state index is 0.157. The summed E-state index contributed by atoms with van der Waals surface area (Å²) in [5, 5.41) is 3.34. The highest BCUT2D eigenvalue weighted by atomic mass is 16.5. The highest BCUT2D eigenvalue weighted by molar-refractivity contribution is 5.76. The van der Waals surface area contributed by atoms with E-state index in [-0.39, 0.29) is 24.5 Å². The normalized spacial score (nSPS) is 13.6. The van der Waals surface area contributed by atoms with Crippen molar-refractivity contribution in [1.82, 2.24) is 5.32 Å². The van der Waals surface area contributed by atoms with Crippen molar-refractivity contribution in [3.63, 3.8) is 0 Å². The number of benzene rings is 1. The number of hydrogen-bond acceptors (Lipinski definition) is 4. The SMILES string of the molecule is CCNC(C)c1ccc(OC)cc1OCC(C)C(N)=O. The summed E-state index contributed by atoms with van der Waals surface area (Å²) in [7, 11) is 1.61. The zero-order valence-corrected chi connectivity index (χ0v) is 12.6. The van der Waals surface area contributed by atoms with Gasteiger partial charge in [0, 0.05) is 17.7 Å². The lowest BCUT2D eigenvalue weighted by atomic mass is 10.1. The Balaban J connectivity index is 2.91. The number of nitrogens with one attached hydrogen (secondary N) is 1. The van der Waals surface area contributed by atoms with E-state index in [1.54, 1.807) is 14.0 Å². The van der Waals surface area contributed by atoms with E-state index in [9.17, 15) is 4.79 Å². The lowest BCUT2D eigenvalue weighted by Gasteiger charge is -2.19. The molecule has 0 heterocycles. The van der Waals surface area contributed by atoms with Gasteiger partial charge in [-0.15, -0.1) is 0 Å². The van der Waals surface area contributed by atoms with Crippen molar-refractivity contribution >= 4 is 5.91 Å². The average Bonchev–Trinajstić information content (AvgIpc) is 2.44. The van der Waals surface area contributed by atoms with Gasteiger partial charge < -0.3 is 20.5 Å². The largest absolute Gasteiger partial charge is 0.497 e. The van der Waals surface area contributed by atoms with Crippen molar-refractivity contribution in [3.05, 3.63) is 23.8 Å². The maximum Gasteiger partial charge on any atom is 0.223 e. The molecule has 0 spiro atoms. The van der Waals surface area contributed by atoms with Crippen LogP contribution < -0.4 is 20.5 Å². The summed E-state index contributed by atoms with van der Waals surface area (Å²) in [4.78, 5) is 11.1. The van der Waals surface area contributed by atoms with Crippen LogP contribution in [0.3, 0.4) is 0 Å². The molecule has 20 heavy (non-hydrogen) atoms. The predicted octanol–water partition coefficient (Wildman–Crippen LogP) is 1.87. The minimum Gasteiger partial charge on any atom is -0.497 e. The quantitative estimate of drug-likeness (QED) is 0.762. The molecular formula is C15H24N2O3. The van der Waals surface area contributed by atoms with Crippen LogP contribution in [0.15, 0.2) is 18.2 Å². The van der Waals surface area contributed by atoms with Crippen LogP contribution in [-0.2, 0) is 4.79 Å². The van der Waals surface area contributed by atoms with Gasteiger partial charge in [0.15, 0.2) is 0 Å². The second-order valence-corrected chi connectivity index (χ2v) is 4.80. The van der Waals surface area contributed by atoms with Crippen molar-refractivity contribution in [2.45, 2.75) is 26.8 Å². The summed E-state index contributed by atoms with van der Waals surface area (Å²) >= 11 is 0. The van der Waals surface area contributed by atoms with Gasteiger partial charge in [0.05, 0.1) is 19.6 Å². The van der Waals surface area contributed by atoms with E-state index in [2.05, 4.69) is 19.2 Å². The molecule has 2 unspecified atom stereocenters. The van der Waals surface area contributed by atoms with Crippen LogP contribution in [0.1, 0.15) is 32.4 Å². The van der Waals surface area contributed by atoms with Gasteiger partial charge in [0.1, 0.15) is 11.5 Å². The molecule has 0 aliphatic rings. The lowest BCUT2D eigenvalue weighted by molar-refractivity contribution is -0.122. The number of carbonyl (C=O) groups is 1. The van der Waals surface area contributed by atoms with Gasteiger partial charge in [-0.05, 0) is 19.5 Å². The Bertz CT molecular complexity index is 449. The standard InChI is InChI=1S/C15H24N2O3/c1-5-17-11(3)13-7-6-12(19-4)8-14(13)20-9-10(2)15(16)18/h6-8,10-11,17H,5,9H2,1-4H3,(H2,16,18). The Morgan fingerprint density at radius 2 is 2.10 bits per heavy atom. The fourth-order valence-corrected chi connectivity index (χ4v) is 1.84. The molecule has 0 radical (unpaired) electrons. The fraction of sp³-hybridized carbons (Fsp3) is 0.533. The van der Waals surface area contributed by atoms with Crippen LogP contribution in [0.5, 0.6) is 11.5 Å². The Labute approximate surface area is 120 Å². The van der Waals surface area contributed by atoms with E-state index in [0.29, 0.717) is 5.75 Å². The van der Waals surface area contributed by atoms with E-state index in [1.165, 1.54) is 0 Å². The molecule has 5 nitrogen and oxygen atoms in total. The van der Waals surface area contributed by atoms with Gasteiger partial charge in [-0.3, -0.25) is 4.79 Å². The smallest absolute Gasteiger partial charge is 0.223 e. The Morgan fingerprint density at radius 3 is 2.65 bits per heavy atom. The molecule has 0 saturated carbocycles. The molecular weight excluding hydrogens is 256 g/mol. The first-order valence-electron chi connectivity index (χ1n) is 6.83.